The minimum absolute atomic E-state index is 0.454. The number of anilines is 3. The predicted molar refractivity (Wildman–Crippen MR) is 237 cm³/mol. The third-order valence-electron chi connectivity index (χ3n) is 12.7. The predicted octanol–water partition coefficient (Wildman–Crippen LogP) is 15.0. The lowest BCUT2D eigenvalue weighted by atomic mass is 9.70. The summed E-state index contributed by atoms with van der Waals surface area (Å²) in [6.07, 6.45) is 0. The van der Waals surface area contributed by atoms with Gasteiger partial charge in [-0.05, 0) is 98.6 Å². The molecule has 0 atom stereocenters. The van der Waals surface area contributed by atoms with Gasteiger partial charge in [-0.15, -0.1) is 0 Å². The van der Waals surface area contributed by atoms with Crippen molar-refractivity contribution >= 4 is 60.9 Å². The average Bonchev–Trinajstić information content (AvgIpc) is 4.02. The molecule has 0 unspecified atom stereocenters. The number of hydrogen-bond donors (Lipinski definition) is 0. The van der Waals surface area contributed by atoms with Gasteiger partial charge in [-0.2, -0.15) is 0 Å². The molecular formula is C55H33NO2. The zero-order valence-corrected chi connectivity index (χ0v) is 31.3. The van der Waals surface area contributed by atoms with Crippen molar-refractivity contribution in [2.45, 2.75) is 5.41 Å². The Labute approximate surface area is 334 Å². The van der Waals surface area contributed by atoms with Crippen LogP contribution in [0.3, 0.4) is 0 Å². The van der Waals surface area contributed by atoms with Gasteiger partial charge in [0.05, 0.1) is 16.5 Å². The molecule has 0 fully saturated rings. The molecule has 58 heavy (non-hydrogen) atoms. The highest BCUT2D eigenvalue weighted by atomic mass is 16.3. The molecule has 11 aromatic rings. The van der Waals surface area contributed by atoms with Gasteiger partial charge >= 0.3 is 0 Å². The molecule has 0 saturated heterocycles. The highest BCUT2D eigenvalue weighted by Crippen LogP contribution is 2.63. The van der Waals surface area contributed by atoms with E-state index in [4.69, 9.17) is 8.83 Å². The lowest BCUT2D eigenvalue weighted by Gasteiger charge is -2.32. The molecule has 2 aliphatic carbocycles. The molecule has 3 nitrogen and oxygen atoms in total. The van der Waals surface area contributed by atoms with Crippen LogP contribution in [0.15, 0.2) is 209 Å². The lowest BCUT2D eigenvalue weighted by Crippen LogP contribution is -2.26. The van der Waals surface area contributed by atoms with E-state index < -0.39 is 5.41 Å². The van der Waals surface area contributed by atoms with E-state index in [1.807, 2.05) is 18.2 Å². The molecule has 270 valence electrons. The van der Waals surface area contributed by atoms with Crippen molar-refractivity contribution in [2.75, 3.05) is 4.90 Å². The summed E-state index contributed by atoms with van der Waals surface area (Å²) in [5.41, 5.74) is 18.9. The number of furan rings is 2. The van der Waals surface area contributed by atoms with E-state index in [1.165, 1.54) is 44.5 Å². The second-order valence-corrected chi connectivity index (χ2v) is 15.5. The van der Waals surface area contributed by atoms with Crippen LogP contribution < -0.4 is 4.90 Å². The standard InChI is InChI=1S/C55H33NO2/c1-6-20-45-38(13-1)39-14-2-7-21-46(39)55(45)47-22-8-3-15-40(47)41-32-31-36(33-48(41)55)56(49-23-12-26-52-53(49)44-17-5-10-25-51(44)57-52)35-29-27-34(28-30-35)37-18-11-19-43-42-16-4-9-24-50(42)58-54(37)43/h1-33H. The van der Waals surface area contributed by atoms with Gasteiger partial charge in [0.1, 0.15) is 22.3 Å². The van der Waals surface area contributed by atoms with Crippen molar-refractivity contribution in [3.63, 3.8) is 0 Å². The van der Waals surface area contributed by atoms with Gasteiger partial charge in [-0.25, -0.2) is 0 Å². The molecule has 2 heterocycles. The Balaban J connectivity index is 1.06. The van der Waals surface area contributed by atoms with Crippen LogP contribution in [0.5, 0.6) is 0 Å². The Kier molecular flexibility index (Phi) is 6.37. The van der Waals surface area contributed by atoms with E-state index in [2.05, 4.69) is 187 Å². The van der Waals surface area contributed by atoms with E-state index in [0.717, 1.165) is 72.1 Å². The zero-order chi connectivity index (χ0) is 38.0. The summed E-state index contributed by atoms with van der Waals surface area (Å²) in [6, 6.07) is 72.5. The Morgan fingerprint density at radius 2 is 0.862 bits per heavy atom. The third kappa shape index (κ3) is 4.12. The zero-order valence-electron chi connectivity index (χ0n) is 31.3. The molecule has 0 radical (unpaired) electrons. The normalized spacial score (nSPS) is 13.3. The summed E-state index contributed by atoms with van der Waals surface area (Å²) < 4.78 is 13.0. The van der Waals surface area contributed by atoms with E-state index in [-0.39, 0.29) is 0 Å². The number of rotatable bonds is 4. The molecule has 2 aromatic heterocycles. The summed E-state index contributed by atoms with van der Waals surface area (Å²) in [6.45, 7) is 0. The average molecular weight is 740 g/mol. The van der Waals surface area contributed by atoms with Gasteiger partial charge in [0.25, 0.3) is 0 Å². The van der Waals surface area contributed by atoms with E-state index in [0.29, 0.717) is 0 Å². The number of para-hydroxylation sites is 3. The Morgan fingerprint density at radius 1 is 0.345 bits per heavy atom. The fourth-order valence-corrected chi connectivity index (χ4v) is 10.4. The molecule has 9 aromatic carbocycles. The largest absolute Gasteiger partial charge is 0.456 e. The molecule has 0 N–H and O–H groups in total. The van der Waals surface area contributed by atoms with Crippen LogP contribution in [-0.4, -0.2) is 0 Å². The van der Waals surface area contributed by atoms with Crippen LogP contribution in [0, 0.1) is 0 Å². The number of nitrogens with zero attached hydrogens (tertiary/aromatic N) is 1. The van der Waals surface area contributed by atoms with Crippen molar-refractivity contribution in [1.82, 2.24) is 0 Å². The van der Waals surface area contributed by atoms with E-state index in [1.54, 1.807) is 0 Å². The maximum absolute atomic E-state index is 6.49. The minimum atomic E-state index is -0.454. The fourth-order valence-electron chi connectivity index (χ4n) is 10.4. The van der Waals surface area contributed by atoms with Crippen LogP contribution in [0.4, 0.5) is 17.1 Å². The minimum Gasteiger partial charge on any atom is -0.456 e. The van der Waals surface area contributed by atoms with Crippen molar-refractivity contribution in [3.05, 3.63) is 222 Å². The summed E-state index contributed by atoms with van der Waals surface area (Å²) >= 11 is 0. The summed E-state index contributed by atoms with van der Waals surface area (Å²) in [7, 11) is 0. The van der Waals surface area contributed by atoms with Gasteiger partial charge in [0.15, 0.2) is 0 Å². The van der Waals surface area contributed by atoms with Crippen LogP contribution >= 0.6 is 0 Å². The number of hydrogen-bond acceptors (Lipinski definition) is 3. The quantitative estimate of drug-likeness (QED) is 0.180. The van der Waals surface area contributed by atoms with Crippen molar-refractivity contribution in [2.24, 2.45) is 0 Å². The summed E-state index contributed by atoms with van der Waals surface area (Å²) in [5.74, 6) is 0. The van der Waals surface area contributed by atoms with E-state index >= 15 is 0 Å². The molecule has 1 spiro atoms. The first-order valence-electron chi connectivity index (χ1n) is 19.9. The molecule has 13 rings (SSSR count). The Morgan fingerprint density at radius 3 is 1.57 bits per heavy atom. The van der Waals surface area contributed by atoms with Gasteiger partial charge in [-0.1, -0.05) is 152 Å². The maximum atomic E-state index is 6.49. The Hall–Kier alpha value is -7.62. The smallest absolute Gasteiger partial charge is 0.143 e. The highest BCUT2D eigenvalue weighted by Gasteiger charge is 2.51. The second-order valence-electron chi connectivity index (χ2n) is 15.5. The van der Waals surface area contributed by atoms with Crippen LogP contribution in [0.25, 0.3) is 77.3 Å². The van der Waals surface area contributed by atoms with Crippen LogP contribution in [0.2, 0.25) is 0 Å². The van der Waals surface area contributed by atoms with Gasteiger partial charge in [-0.3, -0.25) is 0 Å². The van der Waals surface area contributed by atoms with E-state index in [9.17, 15) is 0 Å². The van der Waals surface area contributed by atoms with Gasteiger partial charge < -0.3 is 13.7 Å². The first kappa shape index (κ1) is 31.6. The van der Waals surface area contributed by atoms with Gasteiger partial charge in [0.2, 0.25) is 0 Å². The molecule has 0 amide bonds. The molecule has 3 heteroatoms. The molecular weight excluding hydrogens is 707 g/mol. The molecule has 0 aliphatic heterocycles. The first-order valence-corrected chi connectivity index (χ1v) is 19.9. The second kappa shape index (κ2) is 11.7. The monoisotopic (exact) mass is 739 g/mol. The first-order chi connectivity index (χ1) is 28.8. The van der Waals surface area contributed by atoms with Gasteiger partial charge in [0, 0.05) is 33.1 Å². The van der Waals surface area contributed by atoms with Crippen molar-refractivity contribution < 1.29 is 8.83 Å². The molecule has 0 saturated carbocycles. The van der Waals surface area contributed by atoms with Crippen molar-refractivity contribution in [1.29, 1.82) is 0 Å². The van der Waals surface area contributed by atoms with Crippen LogP contribution in [-0.2, 0) is 5.41 Å². The molecule has 2 aliphatic rings. The molecule has 0 bridgehead atoms. The highest BCUT2D eigenvalue weighted by molar-refractivity contribution is 6.14. The third-order valence-corrected chi connectivity index (χ3v) is 12.7. The van der Waals surface area contributed by atoms with Crippen LogP contribution in [0.1, 0.15) is 22.3 Å². The lowest BCUT2D eigenvalue weighted by molar-refractivity contribution is 0.669. The maximum Gasteiger partial charge on any atom is 0.143 e. The summed E-state index contributed by atoms with van der Waals surface area (Å²) in [4.78, 5) is 2.42. The number of fused-ring (bicyclic) bond motifs is 16. The Bertz CT molecular complexity index is 3410. The number of benzene rings is 9. The topological polar surface area (TPSA) is 29.5 Å². The summed E-state index contributed by atoms with van der Waals surface area (Å²) in [5, 5.41) is 4.44. The van der Waals surface area contributed by atoms with Crippen molar-refractivity contribution in [3.8, 4) is 33.4 Å². The fraction of sp³-hybridized carbons (Fsp3) is 0.0182. The SMILES string of the molecule is c1ccc2c(c1)-c1ccccc1C21c2ccccc2-c2ccc(N(c3ccc(-c4cccc5c4oc4ccccc45)cc3)c3cccc4oc5ccccc5c34)cc21.